The highest BCUT2D eigenvalue weighted by Gasteiger charge is 2.25. The third-order valence-corrected chi connectivity index (χ3v) is 5.60. The molecule has 21 heavy (non-hydrogen) atoms. The van der Waals surface area contributed by atoms with E-state index < -0.39 is 10.0 Å². The highest BCUT2D eigenvalue weighted by atomic mass is 32.2. The Labute approximate surface area is 126 Å². The summed E-state index contributed by atoms with van der Waals surface area (Å²) in [6.07, 6.45) is 5.04. The van der Waals surface area contributed by atoms with Gasteiger partial charge in [-0.1, -0.05) is 19.8 Å². The Hall–Kier alpha value is -1.27. The van der Waals surface area contributed by atoms with Gasteiger partial charge in [0, 0.05) is 11.7 Å². The van der Waals surface area contributed by atoms with Crippen LogP contribution in [0, 0.1) is 5.92 Å². The standard InChI is InChI=1S/C15H24N2O3S/c1-11-4-3-5-13(8-6-11)17-21(18,19)15-10-12(16)7-9-14(15)20-2/h7,9-11,13,17H,3-6,8,16H2,1-2H3. The molecule has 0 aromatic heterocycles. The zero-order valence-corrected chi connectivity index (χ0v) is 13.4. The van der Waals surface area contributed by atoms with Crippen molar-refractivity contribution in [3.63, 3.8) is 0 Å². The summed E-state index contributed by atoms with van der Waals surface area (Å²) in [7, 11) is -2.16. The molecule has 0 radical (unpaired) electrons. The largest absolute Gasteiger partial charge is 0.495 e. The molecule has 2 rings (SSSR count). The van der Waals surface area contributed by atoms with Crippen LogP contribution in [0.4, 0.5) is 5.69 Å². The van der Waals surface area contributed by atoms with Gasteiger partial charge in [-0.25, -0.2) is 13.1 Å². The van der Waals surface area contributed by atoms with Gasteiger partial charge in [0.05, 0.1) is 7.11 Å². The summed E-state index contributed by atoms with van der Waals surface area (Å²) in [5, 5.41) is 0. The van der Waals surface area contributed by atoms with E-state index in [9.17, 15) is 8.42 Å². The number of anilines is 1. The third kappa shape index (κ3) is 4.11. The number of nitrogens with one attached hydrogen (secondary N) is 1. The highest BCUT2D eigenvalue weighted by molar-refractivity contribution is 7.89. The number of hydrogen-bond donors (Lipinski definition) is 2. The topological polar surface area (TPSA) is 81.4 Å². The molecule has 3 N–H and O–H groups in total. The van der Waals surface area contributed by atoms with Gasteiger partial charge in [0.25, 0.3) is 0 Å². The Bertz CT molecular complexity index is 587. The fourth-order valence-electron chi connectivity index (χ4n) is 2.79. The maximum absolute atomic E-state index is 12.6. The molecule has 5 nitrogen and oxygen atoms in total. The number of nitrogens with two attached hydrogens (primary N) is 1. The number of sulfonamides is 1. The molecule has 1 aromatic rings. The molecule has 1 aliphatic carbocycles. The van der Waals surface area contributed by atoms with E-state index in [1.54, 1.807) is 12.1 Å². The van der Waals surface area contributed by atoms with Gasteiger partial charge in [-0.3, -0.25) is 0 Å². The van der Waals surface area contributed by atoms with Gasteiger partial charge in [-0.15, -0.1) is 0 Å². The first kappa shape index (κ1) is 16.1. The van der Waals surface area contributed by atoms with E-state index in [0.29, 0.717) is 17.4 Å². The number of ether oxygens (including phenoxy) is 1. The quantitative estimate of drug-likeness (QED) is 0.661. The van der Waals surface area contributed by atoms with E-state index in [-0.39, 0.29) is 10.9 Å². The van der Waals surface area contributed by atoms with Gasteiger partial charge in [0.1, 0.15) is 10.6 Å². The van der Waals surface area contributed by atoms with Crippen LogP contribution in [0.2, 0.25) is 0 Å². The van der Waals surface area contributed by atoms with Crippen molar-refractivity contribution in [1.82, 2.24) is 4.72 Å². The smallest absolute Gasteiger partial charge is 0.244 e. The van der Waals surface area contributed by atoms with Gasteiger partial charge in [0.15, 0.2) is 0 Å². The molecule has 1 saturated carbocycles. The minimum atomic E-state index is -3.61. The Kier molecular flexibility index (Phi) is 5.11. The van der Waals surface area contributed by atoms with Gasteiger partial charge in [-0.2, -0.15) is 0 Å². The van der Waals surface area contributed by atoms with E-state index in [0.717, 1.165) is 25.7 Å². The van der Waals surface area contributed by atoms with Crippen molar-refractivity contribution in [3.05, 3.63) is 18.2 Å². The van der Waals surface area contributed by atoms with E-state index in [2.05, 4.69) is 11.6 Å². The fraction of sp³-hybridized carbons (Fsp3) is 0.600. The zero-order chi connectivity index (χ0) is 15.5. The van der Waals surface area contributed by atoms with Crippen LogP contribution < -0.4 is 15.2 Å². The molecule has 1 aromatic carbocycles. The molecule has 118 valence electrons. The molecule has 1 aliphatic rings. The molecule has 0 aliphatic heterocycles. The van der Waals surface area contributed by atoms with Gasteiger partial charge in [0.2, 0.25) is 10.0 Å². The zero-order valence-electron chi connectivity index (χ0n) is 12.6. The monoisotopic (exact) mass is 312 g/mol. The van der Waals surface area contributed by atoms with Crippen molar-refractivity contribution in [3.8, 4) is 5.75 Å². The molecule has 6 heteroatoms. The highest BCUT2D eigenvalue weighted by Crippen LogP contribution is 2.28. The lowest BCUT2D eigenvalue weighted by atomic mass is 10.0. The summed E-state index contributed by atoms with van der Waals surface area (Å²) >= 11 is 0. The van der Waals surface area contributed by atoms with Gasteiger partial charge in [-0.05, 0) is 43.4 Å². The van der Waals surface area contributed by atoms with Crippen molar-refractivity contribution in [1.29, 1.82) is 0 Å². The summed E-state index contributed by atoms with van der Waals surface area (Å²) in [6, 6.07) is 4.65. The second-order valence-corrected chi connectivity index (χ2v) is 7.52. The average Bonchev–Trinajstić information content (AvgIpc) is 2.63. The first-order valence-electron chi connectivity index (χ1n) is 7.38. The van der Waals surface area contributed by atoms with Crippen LogP contribution in [0.1, 0.15) is 39.0 Å². The van der Waals surface area contributed by atoms with Gasteiger partial charge < -0.3 is 10.5 Å². The predicted octanol–water partition coefficient (Wildman–Crippen LogP) is 2.52. The molecule has 0 saturated heterocycles. The Morgan fingerprint density at radius 1 is 1.24 bits per heavy atom. The number of nitrogen functional groups attached to an aromatic ring is 1. The average molecular weight is 312 g/mol. The van der Waals surface area contributed by atoms with Crippen LogP contribution in [-0.2, 0) is 10.0 Å². The lowest BCUT2D eigenvalue weighted by molar-refractivity contribution is 0.401. The van der Waals surface area contributed by atoms with Gasteiger partial charge >= 0.3 is 0 Å². The Morgan fingerprint density at radius 3 is 2.71 bits per heavy atom. The number of methoxy groups -OCH3 is 1. The maximum Gasteiger partial charge on any atom is 0.244 e. The lowest BCUT2D eigenvalue weighted by Gasteiger charge is -2.18. The van der Waals surface area contributed by atoms with Crippen LogP contribution >= 0.6 is 0 Å². The Balaban J connectivity index is 2.20. The predicted molar refractivity (Wildman–Crippen MR) is 83.8 cm³/mol. The number of hydrogen-bond acceptors (Lipinski definition) is 4. The molecule has 0 spiro atoms. The molecule has 2 unspecified atom stereocenters. The first-order chi connectivity index (χ1) is 9.92. The van der Waals surface area contributed by atoms with Crippen LogP contribution in [-0.4, -0.2) is 21.6 Å². The van der Waals surface area contributed by atoms with Crippen molar-refractivity contribution in [2.75, 3.05) is 12.8 Å². The van der Waals surface area contributed by atoms with E-state index in [1.165, 1.54) is 19.6 Å². The normalized spacial score (nSPS) is 23.5. The van der Waals surface area contributed by atoms with Crippen molar-refractivity contribution >= 4 is 15.7 Å². The fourth-order valence-corrected chi connectivity index (χ4v) is 4.30. The summed E-state index contributed by atoms with van der Waals surface area (Å²) in [5.41, 5.74) is 6.12. The lowest BCUT2D eigenvalue weighted by Crippen LogP contribution is -2.34. The minimum absolute atomic E-state index is 0.00825. The summed E-state index contributed by atoms with van der Waals surface area (Å²) in [5.74, 6) is 0.986. The van der Waals surface area contributed by atoms with Crippen LogP contribution in [0.25, 0.3) is 0 Å². The SMILES string of the molecule is COc1ccc(N)cc1S(=O)(=O)NC1CCCC(C)CC1. The van der Waals surface area contributed by atoms with Crippen molar-refractivity contribution in [2.24, 2.45) is 5.92 Å². The number of benzene rings is 1. The minimum Gasteiger partial charge on any atom is -0.495 e. The summed E-state index contributed by atoms with van der Waals surface area (Å²) < 4.78 is 33.1. The van der Waals surface area contributed by atoms with E-state index in [1.807, 2.05) is 0 Å². The van der Waals surface area contributed by atoms with E-state index in [4.69, 9.17) is 10.5 Å². The summed E-state index contributed by atoms with van der Waals surface area (Å²) in [6.45, 7) is 2.22. The Morgan fingerprint density at radius 2 is 2.00 bits per heavy atom. The second kappa shape index (κ2) is 6.66. The van der Waals surface area contributed by atoms with Crippen molar-refractivity contribution < 1.29 is 13.2 Å². The van der Waals surface area contributed by atoms with E-state index >= 15 is 0 Å². The molecular formula is C15H24N2O3S. The van der Waals surface area contributed by atoms with Crippen LogP contribution in [0.3, 0.4) is 0 Å². The van der Waals surface area contributed by atoms with Crippen LogP contribution in [0.5, 0.6) is 5.75 Å². The molecule has 0 amide bonds. The number of rotatable bonds is 4. The molecule has 1 fully saturated rings. The molecule has 0 heterocycles. The second-order valence-electron chi connectivity index (χ2n) is 5.84. The molecular weight excluding hydrogens is 288 g/mol. The maximum atomic E-state index is 12.6. The third-order valence-electron chi connectivity index (χ3n) is 4.06. The summed E-state index contributed by atoms with van der Waals surface area (Å²) in [4.78, 5) is 0.113. The van der Waals surface area contributed by atoms with Crippen LogP contribution in [0.15, 0.2) is 23.1 Å². The first-order valence-corrected chi connectivity index (χ1v) is 8.86. The van der Waals surface area contributed by atoms with Crippen molar-refractivity contribution in [2.45, 2.75) is 50.0 Å². The molecule has 2 atom stereocenters. The molecule has 0 bridgehead atoms.